The van der Waals surface area contributed by atoms with Crippen LogP contribution < -0.4 is 0 Å². The minimum absolute atomic E-state index is 1.12. The van der Waals surface area contributed by atoms with E-state index >= 15 is 0 Å². The first-order valence-electron chi connectivity index (χ1n) is 7.41. The van der Waals surface area contributed by atoms with Crippen LogP contribution in [0, 0.1) is 0 Å². The summed E-state index contributed by atoms with van der Waals surface area (Å²) in [6.07, 6.45) is 9.12. The zero-order valence-corrected chi connectivity index (χ0v) is 12.9. The van der Waals surface area contributed by atoms with Crippen LogP contribution in [0.5, 0.6) is 0 Å². The van der Waals surface area contributed by atoms with E-state index < -0.39 is 0 Å². The summed E-state index contributed by atoms with van der Waals surface area (Å²) >= 11 is 0. The third kappa shape index (κ3) is 7.54. The van der Waals surface area contributed by atoms with Crippen molar-refractivity contribution in [2.24, 2.45) is 0 Å². The van der Waals surface area contributed by atoms with Gasteiger partial charge in [0.15, 0.2) is 0 Å². The summed E-state index contributed by atoms with van der Waals surface area (Å²) in [5.41, 5.74) is 1.23. The van der Waals surface area contributed by atoms with E-state index in [-0.39, 0.29) is 0 Å². The van der Waals surface area contributed by atoms with Crippen molar-refractivity contribution >= 4 is 0 Å². The molecule has 2 heteroatoms. The molecule has 0 amide bonds. The Labute approximate surface area is 114 Å². The zero-order valence-electron chi connectivity index (χ0n) is 12.9. The molecule has 0 aliphatic heterocycles. The third-order valence-corrected chi connectivity index (χ3v) is 3.24. The van der Waals surface area contributed by atoms with Crippen molar-refractivity contribution in [3.8, 4) is 0 Å². The van der Waals surface area contributed by atoms with Gasteiger partial charge in [-0.3, -0.25) is 0 Å². The fourth-order valence-corrected chi connectivity index (χ4v) is 2.28. The largest absolute Gasteiger partial charge is 0.375 e. The number of likely N-dealkylation sites (N-methyl/N-ethyl adjacent to an activating group) is 1. The molecule has 0 N–H and O–H groups in total. The van der Waals surface area contributed by atoms with E-state index in [1.165, 1.54) is 51.0 Å². The topological polar surface area (TPSA) is 6.48 Å². The van der Waals surface area contributed by atoms with Crippen molar-refractivity contribution in [2.75, 3.05) is 33.2 Å². The maximum atomic E-state index is 3.84. The lowest BCUT2D eigenvalue weighted by molar-refractivity contribution is 0.263. The lowest BCUT2D eigenvalue weighted by Gasteiger charge is -2.23. The fourth-order valence-electron chi connectivity index (χ4n) is 2.28. The predicted molar refractivity (Wildman–Crippen MR) is 82.8 cm³/mol. The SMILES string of the molecule is C=C/C(=C\C)N(C)CCCCN(CCC)CCC. The molecule has 0 aliphatic rings. The van der Waals surface area contributed by atoms with Gasteiger partial charge in [-0.2, -0.15) is 0 Å². The van der Waals surface area contributed by atoms with E-state index in [0.29, 0.717) is 0 Å². The Morgan fingerprint density at radius 2 is 1.56 bits per heavy atom. The van der Waals surface area contributed by atoms with Crippen LogP contribution in [0.1, 0.15) is 46.5 Å². The molecule has 18 heavy (non-hydrogen) atoms. The highest BCUT2D eigenvalue weighted by Gasteiger charge is 2.03. The smallest absolute Gasteiger partial charge is 0.0314 e. The number of allylic oxidation sites excluding steroid dienone is 2. The molecule has 0 fully saturated rings. The van der Waals surface area contributed by atoms with Crippen LogP contribution in [0.3, 0.4) is 0 Å². The molecule has 0 radical (unpaired) electrons. The molecule has 0 atom stereocenters. The second-order valence-electron chi connectivity index (χ2n) is 4.89. The van der Waals surface area contributed by atoms with Gasteiger partial charge in [-0.15, -0.1) is 0 Å². The summed E-state index contributed by atoms with van der Waals surface area (Å²) < 4.78 is 0. The van der Waals surface area contributed by atoms with Gasteiger partial charge in [-0.1, -0.05) is 26.5 Å². The van der Waals surface area contributed by atoms with E-state index in [9.17, 15) is 0 Å². The Balaban J connectivity index is 3.79. The molecule has 0 heterocycles. The average Bonchev–Trinajstić information content (AvgIpc) is 2.36. The maximum Gasteiger partial charge on any atom is 0.0314 e. The molecule has 0 spiro atoms. The van der Waals surface area contributed by atoms with Gasteiger partial charge in [-0.05, 0) is 58.3 Å². The van der Waals surface area contributed by atoms with Crippen molar-refractivity contribution < 1.29 is 0 Å². The minimum atomic E-state index is 1.12. The monoisotopic (exact) mass is 252 g/mol. The number of hydrogen-bond acceptors (Lipinski definition) is 2. The van der Waals surface area contributed by atoms with E-state index in [4.69, 9.17) is 0 Å². The van der Waals surface area contributed by atoms with Crippen molar-refractivity contribution in [3.05, 3.63) is 24.4 Å². The second-order valence-corrected chi connectivity index (χ2v) is 4.89. The maximum absolute atomic E-state index is 3.84. The summed E-state index contributed by atoms with van der Waals surface area (Å²) in [5.74, 6) is 0. The van der Waals surface area contributed by atoms with Gasteiger partial charge in [-0.25, -0.2) is 0 Å². The summed E-state index contributed by atoms with van der Waals surface area (Å²) in [5, 5.41) is 0. The molecule has 0 aliphatic carbocycles. The first-order valence-corrected chi connectivity index (χ1v) is 7.41. The number of unbranched alkanes of at least 4 members (excludes halogenated alkanes) is 1. The molecule has 0 rings (SSSR count). The second kappa shape index (κ2) is 11.3. The summed E-state index contributed by atoms with van der Waals surface area (Å²) in [7, 11) is 2.15. The number of rotatable bonds is 11. The van der Waals surface area contributed by atoms with Gasteiger partial charge >= 0.3 is 0 Å². The van der Waals surface area contributed by atoms with Crippen molar-refractivity contribution in [3.63, 3.8) is 0 Å². The van der Waals surface area contributed by atoms with Gasteiger partial charge in [0.1, 0.15) is 0 Å². The van der Waals surface area contributed by atoms with Crippen molar-refractivity contribution in [2.45, 2.75) is 46.5 Å². The lowest BCUT2D eigenvalue weighted by atomic mass is 10.2. The molecule has 0 unspecified atom stereocenters. The molecule has 0 bridgehead atoms. The Morgan fingerprint density at radius 1 is 1.00 bits per heavy atom. The highest BCUT2D eigenvalue weighted by molar-refractivity contribution is 5.12. The van der Waals surface area contributed by atoms with Crippen LogP contribution >= 0.6 is 0 Å². The molecule has 0 aromatic rings. The number of hydrogen-bond donors (Lipinski definition) is 0. The van der Waals surface area contributed by atoms with Gasteiger partial charge in [0.2, 0.25) is 0 Å². The van der Waals surface area contributed by atoms with Gasteiger partial charge < -0.3 is 9.80 Å². The highest BCUT2D eigenvalue weighted by Crippen LogP contribution is 2.05. The van der Waals surface area contributed by atoms with E-state index in [0.717, 1.165) is 6.54 Å². The molecule has 106 valence electrons. The van der Waals surface area contributed by atoms with Gasteiger partial charge in [0.05, 0.1) is 0 Å². The Kier molecular flexibility index (Phi) is 10.9. The Hall–Kier alpha value is -0.760. The zero-order chi connectivity index (χ0) is 13.8. The summed E-state index contributed by atoms with van der Waals surface area (Å²) in [6, 6.07) is 0. The van der Waals surface area contributed by atoms with Gasteiger partial charge in [0.25, 0.3) is 0 Å². The van der Waals surface area contributed by atoms with Crippen LogP contribution in [0.2, 0.25) is 0 Å². The molecule has 2 nitrogen and oxygen atoms in total. The molecule has 0 saturated heterocycles. The molecular weight excluding hydrogens is 220 g/mol. The number of nitrogens with zero attached hydrogens (tertiary/aromatic N) is 2. The van der Waals surface area contributed by atoms with Crippen molar-refractivity contribution in [1.29, 1.82) is 0 Å². The van der Waals surface area contributed by atoms with E-state index in [2.05, 4.69) is 50.3 Å². The minimum Gasteiger partial charge on any atom is -0.375 e. The van der Waals surface area contributed by atoms with E-state index in [1.807, 2.05) is 6.08 Å². The van der Waals surface area contributed by atoms with Crippen LogP contribution in [-0.2, 0) is 0 Å². The first-order chi connectivity index (χ1) is 8.69. The Morgan fingerprint density at radius 3 is 2.00 bits per heavy atom. The fraction of sp³-hybridized carbons (Fsp3) is 0.750. The van der Waals surface area contributed by atoms with Crippen LogP contribution in [0.15, 0.2) is 24.4 Å². The molecular formula is C16H32N2. The van der Waals surface area contributed by atoms with Crippen molar-refractivity contribution in [1.82, 2.24) is 9.80 Å². The standard InChI is InChI=1S/C16H32N2/c1-6-12-18(13-7-2)15-11-10-14-17(5)16(8-3)9-4/h8-9H,3,6-7,10-15H2,1-2,4-5H3/b16-9+. The molecule has 0 aromatic heterocycles. The highest BCUT2D eigenvalue weighted by atomic mass is 15.1. The quantitative estimate of drug-likeness (QED) is 0.406. The Bertz CT molecular complexity index is 227. The normalized spacial score (nSPS) is 11.9. The van der Waals surface area contributed by atoms with Crippen LogP contribution in [0.4, 0.5) is 0 Å². The molecule has 0 saturated carbocycles. The lowest BCUT2D eigenvalue weighted by Crippen LogP contribution is -2.27. The molecule has 0 aromatic carbocycles. The van der Waals surface area contributed by atoms with Crippen LogP contribution in [-0.4, -0.2) is 43.0 Å². The average molecular weight is 252 g/mol. The predicted octanol–water partition coefficient (Wildman–Crippen LogP) is 3.91. The van der Waals surface area contributed by atoms with E-state index in [1.54, 1.807) is 0 Å². The first kappa shape index (κ1) is 17.2. The van der Waals surface area contributed by atoms with Gasteiger partial charge in [0, 0.05) is 19.3 Å². The van der Waals surface area contributed by atoms with Crippen LogP contribution in [0.25, 0.3) is 0 Å². The summed E-state index contributed by atoms with van der Waals surface area (Å²) in [6.45, 7) is 15.3. The summed E-state index contributed by atoms with van der Waals surface area (Å²) in [4.78, 5) is 4.88. The third-order valence-electron chi connectivity index (χ3n) is 3.24.